The van der Waals surface area contributed by atoms with Gasteiger partial charge in [-0.05, 0) is 55.0 Å². The summed E-state index contributed by atoms with van der Waals surface area (Å²) in [7, 11) is 3.12. The molecular formula is C24H22FN5O3. The molecule has 0 aliphatic rings. The van der Waals surface area contributed by atoms with Crippen LogP contribution in [0.15, 0.2) is 60.9 Å². The molecule has 33 heavy (non-hydrogen) atoms. The molecule has 4 aromatic rings. The van der Waals surface area contributed by atoms with Crippen molar-refractivity contribution in [3.05, 3.63) is 83.6 Å². The molecule has 168 valence electrons. The monoisotopic (exact) mass is 447 g/mol. The van der Waals surface area contributed by atoms with Gasteiger partial charge in [-0.1, -0.05) is 5.21 Å². The molecule has 1 N–H and O–H groups in total. The van der Waals surface area contributed by atoms with Crippen LogP contribution >= 0.6 is 0 Å². The number of ether oxygens (including phenoxy) is 2. The molecule has 2 heterocycles. The largest absolute Gasteiger partial charge is 0.497 e. The molecule has 0 atom stereocenters. The van der Waals surface area contributed by atoms with Crippen LogP contribution in [0.5, 0.6) is 11.5 Å². The highest BCUT2D eigenvalue weighted by Gasteiger charge is 2.23. The van der Waals surface area contributed by atoms with Crippen LogP contribution in [0.25, 0.3) is 16.9 Å². The van der Waals surface area contributed by atoms with Gasteiger partial charge in [0.2, 0.25) is 0 Å². The van der Waals surface area contributed by atoms with Crippen molar-refractivity contribution in [2.45, 2.75) is 13.5 Å². The van der Waals surface area contributed by atoms with Crippen molar-refractivity contribution in [1.29, 1.82) is 0 Å². The van der Waals surface area contributed by atoms with E-state index in [0.717, 1.165) is 5.56 Å². The van der Waals surface area contributed by atoms with Gasteiger partial charge < -0.3 is 14.8 Å². The van der Waals surface area contributed by atoms with Gasteiger partial charge in [0.1, 0.15) is 23.0 Å². The number of halogens is 1. The van der Waals surface area contributed by atoms with Crippen molar-refractivity contribution in [3.63, 3.8) is 0 Å². The van der Waals surface area contributed by atoms with Gasteiger partial charge in [-0.15, -0.1) is 5.10 Å². The normalized spacial score (nSPS) is 10.7. The molecular weight excluding hydrogens is 425 g/mol. The van der Waals surface area contributed by atoms with Gasteiger partial charge in [0, 0.05) is 36.1 Å². The first kappa shape index (κ1) is 21.9. The van der Waals surface area contributed by atoms with Gasteiger partial charge in [0.05, 0.1) is 19.9 Å². The van der Waals surface area contributed by atoms with E-state index in [1.54, 1.807) is 63.9 Å². The van der Waals surface area contributed by atoms with Crippen molar-refractivity contribution in [2.24, 2.45) is 0 Å². The Morgan fingerprint density at radius 2 is 1.97 bits per heavy atom. The Kier molecular flexibility index (Phi) is 6.30. The maximum absolute atomic E-state index is 13.8. The maximum Gasteiger partial charge on any atom is 0.274 e. The van der Waals surface area contributed by atoms with Crippen LogP contribution in [0.4, 0.5) is 4.39 Å². The van der Waals surface area contributed by atoms with Crippen LogP contribution in [-0.4, -0.2) is 40.1 Å². The molecule has 0 spiro atoms. The Labute approximate surface area is 190 Å². The van der Waals surface area contributed by atoms with Crippen LogP contribution in [0.1, 0.15) is 21.6 Å². The molecule has 0 radical (unpaired) electrons. The quantitative estimate of drug-likeness (QED) is 0.464. The Bertz CT molecular complexity index is 1290. The Morgan fingerprint density at radius 1 is 1.12 bits per heavy atom. The molecule has 1 amide bonds. The molecule has 0 fully saturated rings. The molecule has 8 nitrogen and oxygen atoms in total. The Balaban J connectivity index is 1.68. The minimum atomic E-state index is -0.420. The summed E-state index contributed by atoms with van der Waals surface area (Å²) in [5, 5.41) is 11.2. The second-order valence-electron chi connectivity index (χ2n) is 7.23. The first-order valence-electron chi connectivity index (χ1n) is 10.1. The molecule has 0 aliphatic heterocycles. The molecule has 0 bridgehead atoms. The summed E-state index contributed by atoms with van der Waals surface area (Å²) >= 11 is 0. The molecule has 2 aromatic carbocycles. The predicted octanol–water partition coefficient (Wildman–Crippen LogP) is 3.72. The lowest BCUT2D eigenvalue weighted by atomic mass is 10.1. The highest BCUT2D eigenvalue weighted by molar-refractivity contribution is 5.98. The average Bonchev–Trinajstić information content (AvgIpc) is 3.30. The fraction of sp³-hybridized carbons (Fsp3) is 0.167. The first-order valence-corrected chi connectivity index (χ1v) is 10.1. The summed E-state index contributed by atoms with van der Waals surface area (Å²) in [5.41, 5.74) is 3.03. The highest BCUT2D eigenvalue weighted by atomic mass is 19.1. The van der Waals surface area contributed by atoms with E-state index in [4.69, 9.17) is 9.47 Å². The smallest absolute Gasteiger partial charge is 0.274 e. The lowest BCUT2D eigenvalue weighted by Crippen LogP contribution is -2.24. The summed E-state index contributed by atoms with van der Waals surface area (Å²) in [6.45, 7) is 1.87. The first-order chi connectivity index (χ1) is 16.0. The zero-order chi connectivity index (χ0) is 23.4. The molecule has 0 unspecified atom stereocenters. The maximum atomic E-state index is 13.8. The SMILES string of the molecule is COc1ccc(CNC(=O)c2nnn(-c3ccc(F)c(C)c3)c2-c2cccnc2)c(OC)c1. The van der Waals surface area contributed by atoms with Crippen molar-refractivity contribution in [1.82, 2.24) is 25.3 Å². The number of aromatic nitrogens is 4. The van der Waals surface area contributed by atoms with E-state index in [9.17, 15) is 9.18 Å². The number of hydrogen-bond donors (Lipinski definition) is 1. The number of rotatable bonds is 7. The topological polar surface area (TPSA) is 91.2 Å². The minimum Gasteiger partial charge on any atom is -0.497 e. The van der Waals surface area contributed by atoms with E-state index in [2.05, 4.69) is 20.6 Å². The number of aryl methyl sites for hydroxylation is 1. The summed E-state index contributed by atoms with van der Waals surface area (Å²) in [6, 6.07) is 13.5. The molecule has 0 saturated heterocycles. The Morgan fingerprint density at radius 3 is 2.67 bits per heavy atom. The van der Waals surface area contributed by atoms with E-state index >= 15 is 0 Å². The third-order valence-corrected chi connectivity index (χ3v) is 5.14. The zero-order valence-corrected chi connectivity index (χ0v) is 18.4. The number of carbonyl (C=O) groups excluding carboxylic acids is 1. The third-order valence-electron chi connectivity index (χ3n) is 5.14. The molecule has 4 rings (SSSR count). The average molecular weight is 447 g/mol. The van der Waals surface area contributed by atoms with Crippen molar-refractivity contribution in [2.75, 3.05) is 14.2 Å². The van der Waals surface area contributed by atoms with Crippen molar-refractivity contribution < 1.29 is 18.7 Å². The summed E-state index contributed by atoms with van der Waals surface area (Å²) in [4.78, 5) is 17.3. The number of nitrogens with zero attached hydrogens (tertiary/aromatic N) is 4. The Hall–Kier alpha value is -4.27. The fourth-order valence-corrected chi connectivity index (χ4v) is 3.40. The van der Waals surface area contributed by atoms with Gasteiger partial charge in [0.15, 0.2) is 5.69 Å². The number of hydrogen-bond acceptors (Lipinski definition) is 6. The second-order valence-corrected chi connectivity index (χ2v) is 7.23. The number of benzene rings is 2. The highest BCUT2D eigenvalue weighted by Crippen LogP contribution is 2.27. The van der Waals surface area contributed by atoms with Gasteiger partial charge in [0.25, 0.3) is 5.91 Å². The number of nitrogens with one attached hydrogen (secondary N) is 1. The minimum absolute atomic E-state index is 0.123. The summed E-state index contributed by atoms with van der Waals surface area (Å²) < 4.78 is 25.9. The standard InChI is InChI=1S/C24H22FN5O3/c1-15-11-18(7-9-20(15)25)30-23(17-5-4-10-26-13-17)22(28-29-30)24(31)27-14-16-6-8-19(32-2)12-21(16)33-3/h4-13H,14H2,1-3H3,(H,27,31). The van der Waals surface area contributed by atoms with Crippen LogP contribution in [0, 0.1) is 12.7 Å². The van der Waals surface area contributed by atoms with E-state index in [0.29, 0.717) is 34.0 Å². The number of methoxy groups -OCH3 is 2. The summed E-state index contributed by atoms with van der Waals surface area (Å²) in [5.74, 6) is 0.496. The van der Waals surface area contributed by atoms with Gasteiger partial charge >= 0.3 is 0 Å². The van der Waals surface area contributed by atoms with Crippen LogP contribution in [0.2, 0.25) is 0 Å². The molecule has 2 aromatic heterocycles. The van der Waals surface area contributed by atoms with Gasteiger partial charge in [-0.3, -0.25) is 9.78 Å². The predicted molar refractivity (Wildman–Crippen MR) is 120 cm³/mol. The lowest BCUT2D eigenvalue weighted by Gasteiger charge is -2.12. The molecule has 0 saturated carbocycles. The second kappa shape index (κ2) is 9.47. The lowest BCUT2D eigenvalue weighted by molar-refractivity contribution is 0.0946. The van der Waals surface area contributed by atoms with E-state index in [-0.39, 0.29) is 18.1 Å². The van der Waals surface area contributed by atoms with Crippen LogP contribution in [0.3, 0.4) is 0 Å². The number of pyridine rings is 1. The number of carbonyl (C=O) groups is 1. The van der Waals surface area contributed by atoms with Gasteiger partial charge in [-0.2, -0.15) is 0 Å². The van der Waals surface area contributed by atoms with Crippen LogP contribution in [-0.2, 0) is 6.54 Å². The third kappa shape index (κ3) is 4.52. The fourth-order valence-electron chi connectivity index (χ4n) is 3.40. The van der Waals surface area contributed by atoms with E-state index in [1.165, 1.54) is 10.7 Å². The molecule has 0 aliphatic carbocycles. The van der Waals surface area contributed by atoms with Crippen molar-refractivity contribution >= 4 is 5.91 Å². The summed E-state index contributed by atoms with van der Waals surface area (Å²) in [6.07, 6.45) is 3.25. The van der Waals surface area contributed by atoms with Crippen LogP contribution < -0.4 is 14.8 Å². The van der Waals surface area contributed by atoms with Crippen molar-refractivity contribution in [3.8, 4) is 28.4 Å². The number of amides is 1. The van der Waals surface area contributed by atoms with Gasteiger partial charge in [-0.25, -0.2) is 9.07 Å². The molecule has 9 heteroatoms. The van der Waals surface area contributed by atoms with E-state index in [1.807, 2.05) is 12.1 Å². The van der Waals surface area contributed by atoms with E-state index < -0.39 is 5.91 Å². The zero-order valence-electron chi connectivity index (χ0n) is 18.4.